The van der Waals surface area contributed by atoms with Crippen molar-refractivity contribution in [1.29, 1.82) is 0 Å². The molecule has 1 N–H and O–H groups in total. The van der Waals surface area contributed by atoms with Gasteiger partial charge in [0.05, 0.1) is 5.60 Å². The van der Waals surface area contributed by atoms with Gasteiger partial charge in [0.1, 0.15) is 0 Å². The highest BCUT2D eigenvalue weighted by molar-refractivity contribution is 5.81. The number of likely N-dealkylation sites (tertiary alicyclic amines) is 1. The van der Waals surface area contributed by atoms with Gasteiger partial charge in [-0.2, -0.15) is 0 Å². The Balaban J connectivity index is 1.12. The molecule has 1 spiro atoms. The molecule has 1 aliphatic heterocycles. The van der Waals surface area contributed by atoms with E-state index in [2.05, 4.69) is 30.0 Å². The van der Waals surface area contributed by atoms with E-state index in [1.165, 1.54) is 32.1 Å². The van der Waals surface area contributed by atoms with E-state index in [1.54, 1.807) is 16.7 Å². The largest absolute Gasteiger partial charge is 0.390 e. The third-order valence-corrected chi connectivity index (χ3v) is 7.54. The summed E-state index contributed by atoms with van der Waals surface area (Å²) in [4.78, 5) is 14.5. The Labute approximate surface area is 156 Å². The van der Waals surface area contributed by atoms with E-state index in [0.717, 1.165) is 24.9 Å². The second-order valence-corrected chi connectivity index (χ2v) is 10.2. The number of nitrogens with zero attached hydrogens (tertiary/aromatic N) is 1. The van der Waals surface area contributed by atoms with Gasteiger partial charge in [-0.25, -0.2) is 0 Å². The Kier molecular flexibility index (Phi) is 3.60. The molecule has 26 heavy (non-hydrogen) atoms. The van der Waals surface area contributed by atoms with Crippen molar-refractivity contribution < 1.29 is 9.90 Å². The zero-order valence-electron chi connectivity index (χ0n) is 16.1. The van der Waals surface area contributed by atoms with Crippen LogP contribution >= 0.6 is 0 Å². The van der Waals surface area contributed by atoms with Crippen molar-refractivity contribution in [2.24, 2.45) is 17.3 Å². The molecule has 0 aromatic heterocycles. The van der Waals surface area contributed by atoms with Crippen molar-refractivity contribution in [3.8, 4) is 0 Å². The molecule has 1 saturated heterocycles. The number of carbonyl (C=O) groups excluding carboxylic acids is 1. The predicted molar refractivity (Wildman–Crippen MR) is 102 cm³/mol. The summed E-state index contributed by atoms with van der Waals surface area (Å²) in [5.41, 5.74) is 4.51. The molecule has 1 heterocycles. The van der Waals surface area contributed by atoms with Crippen LogP contribution in [-0.4, -0.2) is 34.6 Å². The fraction of sp³-hybridized carbons (Fsp3) is 0.696. The number of hydrogen-bond donors (Lipinski definition) is 1. The van der Waals surface area contributed by atoms with Gasteiger partial charge in [0, 0.05) is 24.4 Å². The molecule has 3 saturated carbocycles. The highest BCUT2D eigenvalue weighted by Gasteiger charge is 2.55. The van der Waals surface area contributed by atoms with E-state index in [1.807, 2.05) is 6.92 Å². The minimum Gasteiger partial charge on any atom is -0.390 e. The number of benzene rings is 1. The number of rotatable bonds is 4. The Morgan fingerprint density at radius 1 is 1.19 bits per heavy atom. The summed E-state index contributed by atoms with van der Waals surface area (Å²) < 4.78 is 0. The second kappa shape index (κ2) is 5.58. The topological polar surface area (TPSA) is 40.5 Å². The molecule has 3 nitrogen and oxygen atoms in total. The number of aliphatic hydroxyl groups is 1. The molecule has 3 aliphatic carbocycles. The van der Waals surface area contributed by atoms with Gasteiger partial charge in [-0.15, -0.1) is 0 Å². The van der Waals surface area contributed by atoms with Gasteiger partial charge in [0.2, 0.25) is 5.91 Å². The summed E-state index contributed by atoms with van der Waals surface area (Å²) in [6.07, 6.45) is 7.82. The van der Waals surface area contributed by atoms with Crippen LogP contribution in [0.25, 0.3) is 0 Å². The van der Waals surface area contributed by atoms with Crippen LogP contribution in [-0.2, 0) is 11.2 Å². The van der Waals surface area contributed by atoms with Gasteiger partial charge in [0.15, 0.2) is 0 Å². The van der Waals surface area contributed by atoms with Gasteiger partial charge in [-0.05, 0) is 87.3 Å². The molecule has 1 aromatic rings. The van der Waals surface area contributed by atoms with E-state index in [9.17, 15) is 9.90 Å². The standard InChI is InChI=1S/C23H31NO2/c1-15-18(4-3-5-20(15)17-6-7-17)8-16-9-23(10-16)13-24(14-23)21(25)19-11-22(2,26)12-19/h3-5,16-17,19,26H,6-14H2,1-2H3. The smallest absolute Gasteiger partial charge is 0.225 e. The molecule has 0 unspecified atom stereocenters. The first-order valence-electron chi connectivity index (χ1n) is 10.4. The summed E-state index contributed by atoms with van der Waals surface area (Å²) in [5.74, 6) is 2.00. The van der Waals surface area contributed by atoms with E-state index in [4.69, 9.17) is 0 Å². The van der Waals surface area contributed by atoms with Crippen LogP contribution in [0.15, 0.2) is 18.2 Å². The maximum absolute atomic E-state index is 12.5. The van der Waals surface area contributed by atoms with Crippen LogP contribution in [0.3, 0.4) is 0 Å². The van der Waals surface area contributed by atoms with Crippen molar-refractivity contribution in [3.63, 3.8) is 0 Å². The van der Waals surface area contributed by atoms with Gasteiger partial charge >= 0.3 is 0 Å². The Morgan fingerprint density at radius 3 is 2.50 bits per heavy atom. The third-order valence-electron chi connectivity index (χ3n) is 7.54. The zero-order valence-corrected chi connectivity index (χ0v) is 16.1. The summed E-state index contributed by atoms with van der Waals surface area (Å²) in [6.45, 7) is 6.07. The van der Waals surface area contributed by atoms with Crippen molar-refractivity contribution in [3.05, 3.63) is 34.9 Å². The van der Waals surface area contributed by atoms with Crippen molar-refractivity contribution in [2.75, 3.05) is 13.1 Å². The number of carbonyl (C=O) groups is 1. The van der Waals surface area contributed by atoms with Crippen LogP contribution in [0.5, 0.6) is 0 Å². The lowest BCUT2D eigenvalue weighted by Gasteiger charge is -2.60. The van der Waals surface area contributed by atoms with Crippen molar-refractivity contribution in [2.45, 2.75) is 70.3 Å². The molecule has 3 heteroatoms. The molecule has 1 amide bonds. The van der Waals surface area contributed by atoms with E-state index < -0.39 is 5.60 Å². The molecular formula is C23H31NO2. The molecular weight excluding hydrogens is 322 g/mol. The normalized spacial score (nSPS) is 32.7. The van der Waals surface area contributed by atoms with Crippen LogP contribution in [0.2, 0.25) is 0 Å². The maximum atomic E-state index is 12.5. The lowest BCUT2D eigenvalue weighted by Crippen LogP contribution is -2.66. The lowest BCUT2D eigenvalue weighted by atomic mass is 9.56. The molecule has 140 valence electrons. The van der Waals surface area contributed by atoms with E-state index >= 15 is 0 Å². The molecule has 0 bridgehead atoms. The van der Waals surface area contributed by atoms with Crippen LogP contribution < -0.4 is 0 Å². The lowest BCUT2D eigenvalue weighted by molar-refractivity contribution is -0.171. The average molecular weight is 354 g/mol. The summed E-state index contributed by atoms with van der Waals surface area (Å²) in [6, 6.07) is 6.90. The quantitative estimate of drug-likeness (QED) is 0.894. The van der Waals surface area contributed by atoms with Gasteiger partial charge in [-0.3, -0.25) is 4.79 Å². The first kappa shape index (κ1) is 16.8. The van der Waals surface area contributed by atoms with Gasteiger partial charge in [0.25, 0.3) is 0 Å². The molecule has 4 aliphatic rings. The maximum Gasteiger partial charge on any atom is 0.225 e. The first-order valence-corrected chi connectivity index (χ1v) is 10.4. The van der Waals surface area contributed by atoms with E-state index in [-0.39, 0.29) is 5.92 Å². The summed E-state index contributed by atoms with van der Waals surface area (Å²) >= 11 is 0. The van der Waals surface area contributed by atoms with E-state index in [0.29, 0.717) is 24.2 Å². The van der Waals surface area contributed by atoms with Crippen LogP contribution in [0.1, 0.15) is 68.1 Å². The zero-order chi connectivity index (χ0) is 18.1. The van der Waals surface area contributed by atoms with Crippen molar-refractivity contribution >= 4 is 5.91 Å². The molecule has 0 atom stereocenters. The molecule has 1 aromatic carbocycles. The third kappa shape index (κ3) is 2.79. The van der Waals surface area contributed by atoms with Crippen LogP contribution in [0, 0.1) is 24.2 Å². The number of hydrogen-bond acceptors (Lipinski definition) is 2. The predicted octanol–water partition coefficient (Wildman–Crippen LogP) is 3.81. The Bertz CT molecular complexity index is 727. The molecule has 5 rings (SSSR count). The first-order chi connectivity index (χ1) is 12.3. The Hall–Kier alpha value is -1.35. The van der Waals surface area contributed by atoms with Gasteiger partial charge < -0.3 is 10.0 Å². The summed E-state index contributed by atoms with van der Waals surface area (Å²) in [7, 11) is 0. The van der Waals surface area contributed by atoms with Gasteiger partial charge in [-0.1, -0.05) is 18.2 Å². The van der Waals surface area contributed by atoms with Crippen molar-refractivity contribution in [1.82, 2.24) is 4.90 Å². The minimum atomic E-state index is -0.600. The second-order valence-electron chi connectivity index (χ2n) is 10.2. The molecule has 4 fully saturated rings. The molecule has 0 radical (unpaired) electrons. The SMILES string of the molecule is Cc1c(CC2CC3(C2)CN(C(=O)C2CC(C)(O)C2)C3)cccc1C1CC1. The highest BCUT2D eigenvalue weighted by atomic mass is 16.3. The average Bonchev–Trinajstić information content (AvgIpc) is 3.31. The minimum absolute atomic E-state index is 0.0750. The fourth-order valence-electron chi connectivity index (χ4n) is 5.99. The summed E-state index contributed by atoms with van der Waals surface area (Å²) in [5, 5.41) is 9.85. The highest BCUT2D eigenvalue weighted by Crippen LogP contribution is 2.54. The number of amides is 1. The Morgan fingerprint density at radius 2 is 1.88 bits per heavy atom. The monoisotopic (exact) mass is 353 g/mol. The fourth-order valence-corrected chi connectivity index (χ4v) is 5.99. The van der Waals surface area contributed by atoms with Crippen LogP contribution in [0.4, 0.5) is 0 Å².